The highest BCUT2D eigenvalue weighted by atomic mass is 16.5. The van der Waals surface area contributed by atoms with Crippen LogP contribution < -0.4 is 21.1 Å². The number of likely N-dealkylation sites (N-methyl/N-ethyl adjacent to an activating group) is 1. The second-order valence-corrected chi connectivity index (χ2v) is 6.84. The van der Waals surface area contributed by atoms with Crippen molar-refractivity contribution in [2.24, 2.45) is 0 Å². The Labute approximate surface area is 175 Å². The van der Waals surface area contributed by atoms with Crippen molar-refractivity contribution in [2.75, 3.05) is 43.6 Å². The number of carbonyl (C=O) groups excluding carboxylic acids is 1. The van der Waals surface area contributed by atoms with Crippen LogP contribution in [0.1, 0.15) is 16.1 Å². The minimum absolute atomic E-state index is 0.210. The average molecular weight is 407 g/mol. The summed E-state index contributed by atoms with van der Waals surface area (Å²) in [5, 5.41) is 6.06. The van der Waals surface area contributed by atoms with Crippen molar-refractivity contribution in [3.05, 3.63) is 66.2 Å². The van der Waals surface area contributed by atoms with Crippen LogP contribution in [0.5, 0.6) is 5.88 Å². The van der Waals surface area contributed by atoms with Gasteiger partial charge in [0.05, 0.1) is 18.1 Å². The highest BCUT2D eigenvalue weighted by Crippen LogP contribution is 2.17. The lowest BCUT2D eigenvalue weighted by molar-refractivity contribution is 0.102. The number of nitrogen functional groups attached to an aromatic ring is 1. The van der Waals surface area contributed by atoms with Crippen molar-refractivity contribution >= 4 is 23.1 Å². The van der Waals surface area contributed by atoms with Gasteiger partial charge in [0.2, 0.25) is 5.88 Å². The molecule has 0 aliphatic carbocycles. The first-order valence-corrected chi connectivity index (χ1v) is 9.45. The summed E-state index contributed by atoms with van der Waals surface area (Å²) in [6, 6.07) is 11.2. The highest BCUT2D eigenvalue weighted by molar-refractivity contribution is 6.02. The minimum atomic E-state index is -0.344. The van der Waals surface area contributed by atoms with E-state index in [-0.39, 0.29) is 11.6 Å². The molecule has 2 heterocycles. The molecule has 4 N–H and O–H groups in total. The van der Waals surface area contributed by atoms with Crippen LogP contribution in [-0.2, 0) is 6.54 Å². The van der Waals surface area contributed by atoms with E-state index in [9.17, 15) is 4.79 Å². The zero-order valence-corrected chi connectivity index (χ0v) is 17.0. The maximum absolute atomic E-state index is 12.5. The largest absolute Gasteiger partial charge is 0.475 e. The van der Waals surface area contributed by atoms with E-state index < -0.39 is 0 Å². The van der Waals surface area contributed by atoms with Crippen LogP contribution in [-0.4, -0.2) is 53.0 Å². The summed E-state index contributed by atoms with van der Waals surface area (Å²) in [4.78, 5) is 26.8. The monoisotopic (exact) mass is 407 g/mol. The lowest BCUT2D eigenvalue weighted by atomic mass is 10.2. The number of ether oxygens (including phenoxy) is 1. The number of hydrogen-bond donors (Lipinski definition) is 3. The molecule has 3 aromatic rings. The van der Waals surface area contributed by atoms with Crippen LogP contribution in [0.15, 0.2) is 55.0 Å². The molecule has 156 valence electrons. The van der Waals surface area contributed by atoms with Crippen LogP contribution in [0.25, 0.3) is 0 Å². The minimum Gasteiger partial charge on any atom is -0.475 e. The second-order valence-electron chi connectivity index (χ2n) is 6.84. The molecular formula is C21H25N7O2. The number of hydrogen-bond acceptors (Lipinski definition) is 8. The number of anilines is 3. The Bertz CT molecular complexity index is 977. The van der Waals surface area contributed by atoms with Crippen LogP contribution in [0, 0.1) is 0 Å². The molecule has 0 radical (unpaired) electrons. The zero-order valence-electron chi connectivity index (χ0n) is 17.0. The van der Waals surface area contributed by atoms with E-state index in [4.69, 9.17) is 10.5 Å². The second kappa shape index (κ2) is 10.2. The van der Waals surface area contributed by atoms with Gasteiger partial charge in [-0.25, -0.2) is 15.0 Å². The maximum Gasteiger partial charge on any atom is 0.275 e. The van der Waals surface area contributed by atoms with E-state index >= 15 is 0 Å². The normalized spacial score (nSPS) is 10.6. The van der Waals surface area contributed by atoms with Gasteiger partial charge in [-0.2, -0.15) is 0 Å². The van der Waals surface area contributed by atoms with Crippen LogP contribution in [0.3, 0.4) is 0 Å². The van der Waals surface area contributed by atoms with Gasteiger partial charge in [0, 0.05) is 25.0 Å². The number of nitrogens with zero attached hydrogens (tertiary/aromatic N) is 4. The summed E-state index contributed by atoms with van der Waals surface area (Å²) in [5.74, 6) is 0.481. The molecule has 0 fully saturated rings. The van der Waals surface area contributed by atoms with Crippen LogP contribution >= 0.6 is 0 Å². The summed E-state index contributed by atoms with van der Waals surface area (Å²) < 4.78 is 5.49. The molecule has 2 aromatic heterocycles. The van der Waals surface area contributed by atoms with E-state index in [1.54, 1.807) is 6.20 Å². The number of rotatable bonds is 9. The molecule has 9 heteroatoms. The third-order valence-corrected chi connectivity index (χ3v) is 4.16. The van der Waals surface area contributed by atoms with Crippen molar-refractivity contribution in [3.63, 3.8) is 0 Å². The number of aromatic nitrogens is 3. The van der Waals surface area contributed by atoms with Crippen molar-refractivity contribution in [1.29, 1.82) is 0 Å². The van der Waals surface area contributed by atoms with Crippen molar-refractivity contribution < 1.29 is 9.53 Å². The molecule has 0 aliphatic rings. The van der Waals surface area contributed by atoms with Crippen LogP contribution in [0.2, 0.25) is 0 Å². The molecule has 9 nitrogen and oxygen atoms in total. The third kappa shape index (κ3) is 6.14. The van der Waals surface area contributed by atoms with E-state index in [0.717, 1.165) is 17.8 Å². The van der Waals surface area contributed by atoms with Gasteiger partial charge in [-0.3, -0.25) is 4.79 Å². The first-order chi connectivity index (χ1) is 14.5. The molecule has 0 unspecified atom stereocenters. The standard InChI is InChI=1S/C21H25N7O2/c1-28(2)9-10-30-19-14-25-18(13-26-19)21(29)27-16-6-3-5-15(11-16)12-24-17-7-4-8-23-20(17)22/h3-8,11,13-14,24H,9-10,12H2,1-2H3,(H2,22,23)(H,27,29). The molecule has 1 aromatic carbocycles. The van der Waals surface area contributed by atoms with Gasteiger partial charge in [-0.05, 0) is 43.9 Å². The van der Waals surface area contributed by atoms with Crippen molar-refractivity contribution in [1.82, 2.24) is 19.9 Å². The Hall–Kier alpha value is -3.72. The number of amides is 1. The predicted molar refractivity (Wildman–Crippen MR) is 116 cm³/mol. The van der Waals surface area contributed by atoms with Gasteiger partial charge in [0.25, 0.3) is 5.91 Å². The molecule has 0 spiro atoms. The van der Waals surface area contributed by atoms with E-state index in [1.807, 2.05) is 55.4 Å². The van der Waals surface area contributed by atoms with Gasteiger partial charge in [0.1, 0.15) is 18.1 Å². The molecule has 0 aliphatic heterocycles. The first-order valence-electron chi connectivity index (χ1n) is 9.45. The Morgan fingerprint density at radius 1 is 1.13 bits per heavy atom. The Morgan fingerprint density at radius 2 is 2.00 bits per heavy atom. The molecule has 0 saturated carbocycles. The van der Waals surface area contributed by atoms with Crippen LogP contribution in [0.4, 0.5) is 17.2 Å². The zero-order chi connectivity index (χ0) is 21.3. The molecule has 0 bridgehead atoms. The topological polar surface area (TPSA) is 118 Å². The fourth-order valence-corrected chi connectivity index (χ4v) is 2.56. The lowest BCUT2D eigenvalue weighted by Crippen LogP contribution is -2.20. The van der Waals surface area contributed by atoms with E-state index in [2.05, 4.69) is 25.6 Å². The Kier molecular flexibility index (Phi) is 7.12. The van der Waals surface area contributed by atoms with E-state index in [0.29, 0.717) is 30.5 Å². The third-order valence-electron chi connectivity index (χ3n) is 4.16. The molecule has 30 heavy (non-hydrogen) atoms. The molecule has 0 atom stereocenters. The smallest absolute Gasteiger partial charge is 0.275 e. The van der Waals surface area contributed by atoms with Gasteiger partial charge in [-0.1, -0.05) is 12.1 Å². The number of carbonyl (C=O) groups is 1. The molecule has 1 amide bonds. The summed E-state index contributed by atoms with van der Waals surface area (Å²) in [5.41, 5.74) is 8.45. The highest BCUT2D eigenvalue weighted by Gasteiger charge is 2.10. The summed E-state index contributed by atoms with van der Waals surface area (Å²) in [6.45, 7) is 1.81. The molecule has 3 rings (SSSR count). The van der Waals surface area contributed by atoms with Crippen molar-refractivity contribution in [3.8, 4) is 5.88 Å². The Balaban J connectivity index is 1.56. The number of nitrogens with two attached hydrogens (primary N) is 1. The molecule has 0 saturated heterocycles. The van der Waals surface area contributed by atoms with Crippen molar-refractivity contribution in [2.45, 2.75) is 6.54 Å². The summed E-state index contributed by atoms with van der Waals surface area (Å²) in [7, 11) is 3.92. The quantitative estimate of drug-likeness (QED) is 0.494. The van der Waals surface area contributed by atoms with Gasteiger partial charge < -0.3 is 26.0 Å². The van der Waals surface area contributed by atoms with E-state index in [1.165, 1.54) is 12.4 Å². The summed E-state index contributed by atoms with van der Waals surface area (Å²) >= 11 is 0. The number of pyridine rings is 1. The number of nitrogens with one attached hydrogen (secondary N) is 2. The summed E-state index contributed by atoms with van der Waals surface area (Å²) in [6.07, 6.45) is 4.49. The first kappa shape index (κ1) is 21.0. The predicted octanol–water partition coefficient (Wildman–Crippen LogP) is 2.26. The fraction of sp³-hybridized carbons (Fsp3) is 0.238. The van der Waals surface area contributed by atoms with Gasteiger partial charge in [0.15, 0.2) is 0 Å². The Morgan fingerprint density at radius 3 is 2.73 bits per heavy atom. The molecular weight excluding hydrogens is 382 g/mol. The average Bonchev–Trinajstić information content (AvgIpc) is 2.74. The van der Waals surface area contributed by atoms with Gasteiger partial charge in [-0.15, -0.1) is 0 Å². The SMILES string of the molecule is CN(C)CCOc1cnc(C(=O)Nc2cccc(CNc3cccnc3N)c2)cn1. The lowest BCUT2D eigenvalue weighted by Gasteiger charge is -2.11. The number of benzene rings is 1. The van der Waals surface area contributed by atoms with Gasteiger partial charge >= 0.3 is 0 Å². The fourth-order valence-electron chi connectivity index (χ4n) is 2.56. The maximum atomic E-state index is 12.5.